The predicted octanol–water partition coefficient (Wildman–Crippen LogP) is 5.00. The van der Waals surface area contributed by atoms with Gasteiger partial charge in [-0.15, -0.1) is 0 Å². The van der Waals surface area contributed by atoms with E-state index in [4.69, 9.17) is 4.74 Å². The standard InChI is InChI=1S/C23H35NO4S/c1-3-11-21-12-9-7-5-4-6-8-10-13-23(25)28-19-18-24(21)29(26,27)22-16-14-20(2)15-17-22/h4,6,14-17,21H,3,5,7-13,18-19H2,1-2H3/b6-4-/t21-/m1/s1. The zero-order valence-electron chi connectivity index (χ0n) is 17.8. The van der Waals surface area contributed by atoms with Crippen molar-refractivity contribution in [1.82, 2.24) is 4.31 Å². The summed E-state index contributed by atoms with van der Waals surface area (Å²) in [6.45, 7) is 4.31. The van der Waals surface area contributed by atoms with Gasteiger partial charge in [-0.05, 0) is 57.6 Å². The number of esters is 1. The Bertz CT molecular complexity index is 756. The van der Waals surface area contributed by atoms with Crippen LogP contribution in [0.25, 0.3) is 0 Å². The summed E-state index contributed by atoms with van der Waals surface area (Å²) in [5.74, 6) is -0.256. The molecule has 162 valence electrons. The van der Waals surface area contributed by atoms with Gasteiger partial charge in [0, 0.05) is 19.0 Å². The van der Waals surface area contributed by atoms with E-state index in [-0.39, 0.29) is 25.2 Å². The van der Waals surface area contributed by atoms with Crippen molar-refractivity contribution in [1.29, 1.82) is 0 Å². The maximum Gasteiger partial charge on any atom is 0.305 e. The number of aryl methyl sites for hydroxylation is 1. The number of rotatable bonds is 4. The van der Waals surface area contributed by atoms with Crippen molar-refractivity contribution >= 4 is 16.0 Å². The number of sulfonamides is 1. The molecule has 1 heterocycles. The second kappa shape index (κ2) is 12.1. The highest BCUT2D eigenvalue weighted by Gasteiger charge is 2.31. The van der Waals surface area contributed by atoms with E-state index in [1.165, 1.54) is 0 Å². The van der Waals surface area contributed by atoms with Crippen molar-refractivity contribution < 1.29 is 17.9 Å². The molecule has 1 aromatic carbocycles. The average molecular weight is 422 g/mol. The van der Waals surface area contributed by atoms with Gasteiger partial charge in [0.1, 0.15) is 6.61 Å². The fraction of sp³-hybridized carbons (Fsp3) is 0.609. The number of ether oxygens (including phenoxy) is 1. The Balaban J connectivity index is 2.26. The lowest BCUT2D eigenvalue weighted by Crippen LogP contribution is -2.42. The summed E-state index contributed by atoms with van der Waals surface area (Å²) in [5.41, 5.74) is 1.02. The van der Waals surface area contributed by atoms with Crippen LogP contribution in [-0.2, 0) is 19.6 Å². The Morgan fingerprint density at radius 2 is 1.76 bits per heavy atom. The van der Waals surface area contributed by atoms with Crippen LogP contribution in [0, 0.1) is 6.92 Å². The first-order valence-electron chi connectivity index (χ1n) is 10.8. The van der Waals surface area contributed by atoms with Gasteiger partial charge in [0.25, 0.3) is 0 Å². The van der Waals surface area contributed by atoms with E-state index in [0.717, 1.165) is 56.9 Å². The highest BCUT2D eigenvalue weighted by Crippen LogP contribution is 2.24. The topological polar surface area (TPSA) is 63.7 Å². The summed E-state index contributed by atoms with van der Waals surface area (Å²) in [7, 11) is -3.65. The zero-order valence-corrected chi connectivity index (χ0v) is 18.6. The summed E-state index contributed by atoms with van der Waals surface area (Å²) in [6.07, 6.45) is 11.9. The van der Waals surface area contributed by atoms with Crippen LogP contribution < -0.4 is 0 Å². The van der Waals surface area contributed by atoms with E-state index >= 15 is 0 Å². The van der Waals surface area contributed by atoms with Gasteiger partial charge >= 0.3 is 5.97 Å². The van der Waals surface area contributed by atoms with Crippen LogP contribution >= 0.6 is 0 Å². The normalized spacial score (nSPS) is 22.3. The minimum atomic E-state index is -3.65. The second-order valence-electron chi connectivity index (χ2n) is 7.74. The molecule has 0 radical (unpaired) electrons. The highest BCUT2D eigenvalue weighted by molar-refractivity contribution is 7.89. The first-order valence-corrected chi connectivity index (χ1v) is 12.3. The quantitative estimate of drug-likeness (QED) is 0.507. The molecular weight excluding hydrogens is 386 g/mol. The second-order valence-corrected chi connectivity index (χ2v) is 9.63. The Hall–Kier alpha value is -1.66. The van der Waals surface area contributed by atoms with Crippen molar-refractivity contribution in [3.8, 4) is 0 Å². The van der Waals surface area contributed by atoms with E-state index in [2.05, 4.69) is 19.1 Å². The van der Waals surface area contributed by atoms with Gasteiger partial charge in [0.15, 0.2) is 0 Å². The van der Waals surface area contributed by atoms with Crippen LogP contribution in [0.2, 0.25) is 0 Å². The SMILES string of the molecule is CCC[C@@H]1CCCC/C=C\CCCC(=O)OCCN1S(=O)(=O)c1ccc(C)cc1. The van der Waals surface area contributed by atoms with Gasteiger partial charge in [-0.2, -0.15) is 4.31 Å². The van der Waals surface area contributed by atoms with Crippen LogP contribution in [0.4, 0.5) is 0 Å². The maximum absolute atomic E-state index is 13.4. The number of hydrogen-bond acceptors (Lipinski definition) is 4. The van der Waals surface area contributed by atoms with Crippen LogP contribution in [0.3, 0.4) is 0 Å². The van der Waals surface area contributed by atoms with Crippen LogP contribution in [0.5, 0.6) is 0 Å². The van der Waals surface area contributed by atoms with Crippen LogP contribution in [0.1, 0.15) is 70.3 Å². The minimum absolute atomic E-state index is 0.0842. The molecule has 0 aromatic heterocycles. The van der Waals surface area contributed by atoms with E-state index in [0.29, 0.717) is 11.3 Å². The van der Waals surface area contributed by atoms with Gasteiger partial charge in [-0.3, -0.25) is 4.79 Å². The number of cyclic esters (lactones) is 1. The molecule has 1 aliphatic rings. The van der Waals surface area contributed by atoms with Crippen molar-refractivity contribution in [3.05, 3.63) is 42.0 Å². The maximum atomic E-state index is 13.4. The van der Waals surface area contributed by atoms with E-state index in [9.17, 15) is 13.2 Å². The molecule has 29 heavy (non-hydrogen) atoms. The monoisotopic (exact) mass is 421 g/mol. The average Bonchev–Trinajstić information content (AvgIpc) is 2.69. The summed E-state index contributed by atoms with van der Waals surface area (Å²) in [4.78, 5) is 12.3. The van der Waals surface area contributed by atoms with Crippen LogP contribution in [0.15, 0.2) is 41.3 Å². The molecule has 2 rings (SSSR count). The Kier molecular flexibility index (Phi) is 9.88. The van der Waals surface area contributed by atoms with Crippen molar-refractivity contribution in [2.45, 2.75) is 82.6 Å². The molecular formula is C23H35NO4S. The first-order chi connectivity index (χ1) is 13.9. The fourth-order valence-corrected chi connectivity index (χ4v) is 5.34. The molecule has 0 aliphatic carbocycles. The molecule has 0 amide bonds. The molecule has 6 heteroatoms. The minimum Gasteiger partial charge on any atom is -0.464 e. The van der Waals surface area contributed by atoms with E-state index in [1.54, 1.807) is 16.4 Å². The number of carbonyl (C=O) groups is 1. The van der Waals surface area contributed by atoms with Gasteiger partial charge in [0.2, 0.25) is 10.0 Å². The molecule has 0 spiro atoms. The smallest absolute Gasteiger partial charge is 0.305 e. The third-order valence-electron chi connectivity index (χ3n) is 5.31. The molecule has 0 saturated heterocycles. The summed E-state index contributed by atoms with van der Waals surface area (Å²) < 4.78 is 33.8. The van der Waals surface area contributed by atoms with Crippen molar-refractivity contribution in [2.75, 3.05) is 13.2 Å². The largest absolute Gasteiger partial charge is 0.464 e. The molecule has 0 saturated carbocycles. The lowest BCUT2D eigenvalue weighted by Gasteiger charge is -2.31. The Morgan fingerprint density at radius 3 is 2.45 bits per heavy atom. The number of hydrogen-bond donors (Lipinski definition) is 0. The highest BCUT2D eigenvalue weighted by atomic mass is 32.2. The Labute approximate surface area is 176 Å². The first kappa shape index (κ1) is 23.6. The van der Waals surface area contributed by atoms with E-state index < -0.39 is 10.0 Å². The third-order valence-corrected chi connectivity index (χ3v) is 7.27. The lowest BCUT2D eigenvalue weighted by atomic mass is 10.0. The van der Waals surface area contributed by atoms with E-state index in [1.807, 2.05) is 19.1 Å². The van der Waals surface area contributed by atoms with Gasteiger partial charge < -0.3 is 4.74 Å². The van der Waals surface area contributed by atoms with Crippen LogP contribution in [-0.4, -0.2) is 37.9 Å². The van der Waals surface area contributed by atoms with Gasteiger partial charge in [-0.1, -0.05) is 49.6 Å². The number of benzene rings is 1. The lowest BCUT2D eigenvalue weighted by molar-refractivity contribution is -0.144. The van der Waals surface area contributed by atoms with Crippen molar-refractivity contribution in [3.63, 3.8) is 0 Å². The molecule has 1 aliphatic heterocycles. The molecule has 1 atom stereocenters. The third kappa shape index (κ3) is 7.59. The molecule has 1 aromatic rings. The van der Waals surface area contributed by atoms with Gasteiger partial charge in [0.05, 0.1) is 4.90 Å². The predicted molar refractivity (Wildman–Crippen MR) is 116 cm³/mol. The molecule has 0 N–H and O–H groups in total. The van der Waals surface area contributed by atoms with Crippen molar-refractivity contribution in [2.24, 2.45) is 0 Å². The molecule has 0 fully saturated rings. The Morgan fingerprint density at radius 1 is 1.07 bits per heavy atom. The van der Waals surface area contributed by atoms with Gasteiger partial charge in [-0.25, -0.2) is 8.42 Å². The summed E-state index contributed by atoms with van der Waals surface area (Å²) >= 11 is 0. The number of allylic oxidation sites excluding steroid dienone is 2. The zero-order chi connectivity index (χ0) is 21.1. The molecule has 0 unspecified atom stereocenters. The number of nitrogens with zero attached hydrogens (tertiary/aromatic N) is 1. The fourth-order valence-electron chi connectivity index (χ4n) is 3.67. The summed E-state index contributed by atoms with van der Waals surface area (Å²) in [6, 6.07) is 6.89. The molecule has 5 nitrogen and oxygen atoms in total. The number of carbonyl (C=O) groups excluding carboxylic acids is 1. The summed E-state index contributed by atoms with van der Waals surface area (Å²) in [5, 5.41) is 0. The molecule has 0 bridgehead atoms.